The molecule has 112 valence electrons. The smallest absolute Gasteiger partial charge is 0.252 e. The number of nitrogens with zero attached hydrogens (tertiary/aromatic N) is 2. The van der Waals surface area contributed by atoms with Crippen LogP contribution in [-0.4, -0.2) is 41.9 Å². The highest BCUT2D eigenvalue weighted by atomic mass is 16.2. The van der Waals surface area contributed by atoms with Crippen LogP contribution in [0.2, 0.25) is 0 Å². The second-order valence-corrected chi connectivity index (χ2v) is 5.75. The van der Waals surface area contributed by atoms with Crippen molar-refractivity contribution in [2.24, 2.45) is 4.99 Å². The third-order valence-electron chi connectivity index (χ3n) is 4.30. The van der Waals surface area contributed by atoms with Crippen LogP contribution in [0.3, 0.4) is 0 Å². The molecule has 2 heterocycles. The fourth-order valence-electron chi connectivity index (χ4n) is 3.07. The molecule has 0 aliphatic carbocycles. The molecule has 2 N–H and O–H groups in total. The monoisotopic (exact) mass is 286 g/mol. The molecule has 0 radical (unpaired) electrons. The third-order valence-corrected chi connectivity index (χ3v) is 4.30. The van der Waals surface area contributed by atoms with Gasteiger partial charge in [0.1, 0.15) is 5.54 Å². The minimum absolute atomic E-state index is 0.0778. The summed E-state index contributed by atoms with van der Waals surface area (Å²) in [5.41, 5.74) is 0.881. The Morgan fingerprint density at radius 3 is 2.62 bits per heavy atom. The molecule has 5 heteroatoms. The molecule has 0 atom stereocenters. The van der Waals surface area contributed by atoms with Crippen LogP contribution in [0.4, 0.5) is 0 Å². The van der Waals surface area contributed by atoms with Crippen LogP contribution in [0.1, 0.15) is 25.3 Å². The summed E-state index contributed by atoms with van der Waals surface area (Å²) in [4.78, 5) is 18.9. The molecule has 2 saturated heterocycles. The molecular weight excluding hydrogens is 264 g/mol. The first-order valence-corrected chi connectivity index (χ1v) is 7.62. The van der Waals surface area contributed by atoms with E-state index in [9.17, 15) is 4.79 Å². The van der Waals surface area contributed by atoms with Gasteiger partial charge in [0.25, 0.3) is 5.91 Å². The average molecular weight is 286 g/mol. The molecule has 1 spiro atoms. The summed E-state index contributed by atoms with van der Waals surface area (Å²) >= 11 is 0. The van der Waals surface area contributed by atoms with Gasteiger partial charge in [-0.25, -0.2) is 0 Å². The Morgan fingerprint density at radius 2 is 1.95 bits per heavy atom. The van der Waals surface area contributed by atoms with Gasteiger partial charge in [-0.3, -0.25) is 20.0 Å². The molecule has 0 saturated carbocycles. The fourth-order valence-corrected chi connectivity index (χ4v) is 3.07. The molecule has 3 rings (SSSR count). The Labute approximate surface area is 125 Å². The normalized spacial score (nSPS) is 23.3. The van der Waals surface area contributed by atoms with E-state index in [0.29, 0.717) is 12.5 Å². The van der Waals surface area contributed by atoms with Crippen molar-refractivity contribution in [3.8, 4) is 0 Å². The topological polar surface area (TPSA) is 56.7 Å². The Bertz CT molecular complexity index is 532. The van der Waals surface area contributed by atoms with Gasteiger partial charge in [-0.05, 0) is 25.3 Å². The van der Waals surface area contributed by atoms with Gasteiger partial charge < -0.3 is 5.32 Å². The van der Waals surface area contributed by atoms with Crippen LogP contribution in [0.5, 0.6) is 0 Å². The van der Waals surface area contributed by atoms with E-state index >= 15 is 0 Å². The standard InChI is InChI=1S/C16H22N4O/c1-2-17-15-18-14(21)16(19-15)8-10-20(11-9-16)12-13-6-4-3-5-7-13/h3-7H,2,8-12H2,1H3,(H2,17,18,19,21). The Morgan fingerprint density at radius 1 is 1.24 bits per heavy atom. The van der Waals surface area contributed by atoms with Gasteiger partial charge in [0.2, 0.25) is 0 Å². The number of likely N-dealkylation sites (tertiary alicyclic amines) is 1. The maximum Gasteiger partial charge on any atom is 0.252 e. The van der Waals surface area contributed by atoms with Gasteiger partial charge in [0, 0.05) is 26.2 Å². The third kappa shape index (κ3) is 2.93. The summed E-state index contributed by atoms with van der Waals surface area (Å²) in [5.74, 6) is 0.716. The van der Waals surface area contributed by atoms with Crippen molar-refractivity contribution in [2.75, 3.05) is 19.6 Å². The molecule has 0 unspecified atom stereocenters. The highest BCUT2D eigenvalue weighted by Gasteiger charge is 2.46. The summed E-state index contributed by atoms with van der Waals surface area (Å²) in [6.07, 6.45) is 1.66. The lowest BCUT2D eigenvalue weighted by Gasteiger charge is -2.37. The van der Waals surface area contributed by atoms with Gasteiger partial charge in [-0.1, -0.05) is 30.3 Å². The number of carbonyl (C=O) groups is 1. The van der Waals surface area contributed by atoms with Gasteiger partial charge in [0.05, 0.1) is 0 Å². The van der Waals surface area contributed by atoms with Crippen LogP contribution < -0.4 is 10.6 Å². The van der Waals surface area contributed by atoms with Crippen molar-refractivity contribution in [2.45, 2.75) is 31.8 Å². The quantitative estimate of drug-likeness (QED) is 0.875. The number of hydrogen-bond donors (Lipinski definition) is 2. The van der Waals surface area contributed by atoms with Crippen LogP contribution in [0, 0.1) is 0 Å². The van der Waals surface area contributed by atoms with Crippen molar-refractivity contribution >= 4 is 11.9 Å². The van der Waals surface area contributed by atoms with Crippen molar-refractivity contribution in [1.29, 1.82) is 0 Å². The number of hydrogen-bond acceptors (Lipinski definition) is 3. The maximum absolute atomic E-state index is 12.2. The Balaban J connectivity index is 1.60. The highest BCUT2D eigenvalue weighted by Crippen LogP contribution is 2.26. The summed E-state index contributed by atoms with van der Waals surface area (Å²) in [6.45, 7) is 5.45. The molecule has 0 aromatic heterocycles. The Hall–Kier alpha value is -1.88. The number of amides is 1. The number of carbonyl (C=O) groups excluding carboxylic acids is 1. The summed E-state index contributed by atoms with van der Waals surface area (Å²) in [6, 6.07) is 10.5. The fraction of sp³-hybridized carbons (Fsp3) is 0.500. The minimum atomic E-state index is -0.443. The predicted octanol–water partition coefficient (Wildman–Crippen LogP) is 1.12. The zero-order chi connectivity index (χ0) is 14.7. The van der Waals surface area contributed by atoms with E-state index in [1.807, 2.05) is 13.0 Å². The molecular formula is C16H22N4O. The van der Waals surface area contributed by atoms with E-state index in [-0.39, 0.29) is 5.91 Å². The number of rotatable bonds is 3. The molecule has 0 bridgehead atoms. The van der Waals surface area contributed by atoms with Crippen LogP contribution in [0.15, 0.2) is 35.3 Å². The lowest BCUT2D eigenvalue weighted by Crippen LogP contribution is -2.54. The summed E-state index contributed by atoms with van der Waals surface area (Å²) in [7, 11) is 0. The van der Waals surface area contributed by atoms with Gasteiger partial charge in [-0.2, -0.15) is 0 Å². The number of nitrogens with one attached hydrogen (secondary N) is 2. The van der Waals surface area contributed by atoms with E-state index < -0.39 is 5.54 Å². The largest absolute Gasteiger partial charge is 0.342 e. The summed E-state index contributed by atoms with van der Waals surface area (Å²) < 4.78 is 0. The highest BCUT2D eigenvalue weighted by molar-refractivity contribution is 6.09. The summed E-state index contributed by atoms with van der Waals surface area (Å²) in [5, 5.41) is 6.17. The second-order valence-electron chi connectivity index (χ2n) is 5.75. The van der Waals surface area contributed by atoms with E-state index in [1.165, 1.54) is 5.56 Å². The molecule has 2 aliphatic rings. The first kappa shape index (κ1) is 14.1. The lowest BCUT2D eigenvalue weighted by molar-refractivity contribution is -0.125. The molecule has 1 aromatic carbocycles. The second kappa shape index (κ2) is 5.85. The van der Waals surface area contributed by atoms with Crippen molar-refractivity contribution < 1.29 is 4.79 Å². The predicted molar refractivity (Wildman–Crippen MR) is 82.9 cm³/mol. The van der Waals surface area contributed by atoms with E-state index in [1.54, 1.807) is 0 Å². The first-order valence-electron chi connectivity index (χ1n) is 7.62. The van der Waals surface area contributed by atoms with Crippen molar-refractivity contribution in [1.82, 2.24) is 15.5 Å². The van der Waals surface area contributed by atoms with E-state index in [4.69, 9.17) is 0 Å². The maximum atomic E-state index is 12.2. The molecule has 2 fully saturated rings. The van der Waals surface area contributed by atoms with Gasteiger partial charge in [0.15, 0.2) is 5.96 Å². The molecule has 1 amide bonds. The number of guanidine groups is 1. The van der Waals surface area contributed by atoms with Crippen molar-refractivity contribution in [3.05, 3.63) is 35.9 Å². The van der Waals surface area contributed by atoms with Gasteiger partial charge >= 0.3 is 0 Å². The van der Waals surface area contributed by atoms with Gasteiger partial charge in [-0.15, -0.1) is 0 Å². The van der Waals surface area contributed by atoms with E-state index in [0.717, 1.165) is 32.5 Å². The molecule has 1 aromatic rings. The number of aliphatic imine (C=N–C) groups is 1. The van der Waals surface area contributed by atoms with Crippen molar-refractivity contribution in [3.63, 3.8) is 0 Å². The molecule has 5 nitrogen and oxygen atoms in total. The molecule has 2 aliphatic heterocycles. The zero-order valence-corrected chi connectivity index (χ0v) is 12.4. The number of piperidine rings is 1. The zero-order valence-electron chi connectivity index (χ0n) is 12.4. The van der Waals surface area contributed by atoms with Crippen LogP contribution in [-0.2, 0) is 11.3 Å². The van der Waals surface area contributed by atoms with Crippen LogP contribution in [0.25, 0.3) is 0 Å². The number of benzene rings is 1. The average Bonchev–Trinajstić information content (AvgIpc) is 2.79. The SMILES string of the molecule is CCN=C1NC(=O)C2(CCN(Cc3ccccc3)CC2)N1. The van der Waals surface area contributed by atoms with E-state index in [2.05, 4.69) is 44.8 Å². The van der Waals surface area contributed by atoms with Crippen LogP contribution >= 0.6 is 0 Å². The Kier molecular flexibility index (Phi) is 3.92. The minimum Gasteiger partial charge on any atom is -0.342 e. The molecule has 21 heavy (non-hydrogen) atoms. The first-order chi connectivity index (χ1) is 10.2. The lowest BCUT2D eigenvalue weighted by atomic mass is 9.87.